The number of hydrogen-bond donors (Lipinski definition) is 1. The summed E-state index contributed by atoms with van der Waals surface area (Å²) in [6.45, 7) is 3.93. The molecule has 1 heterocycles. The molecule has 0 bridgehead atoms. The van der Waals surface area contributed by atoms with Gasteiger partial charge >= 0.3 is 0 Å². The molecule has 5 nitrogen and oxygen atoms in total. The molecule has 5 heteroatoms. The fourth-order valence-corrected chi connectivity index (χ4v) is 2.17. The van der Waals surface area contributed by atoms with Crippen molar-refractivity contribution in [2.75, 3.05) is 0 Å². The van der Waals surface area contributed by atoms with E-state index >= 15 is 0 Å². The highest BCUT2D eigenvalue weighted by atomic mass is 16.3. The van der Waals surface area contributed by atoms with Gasteiger partial charge in [0.25, 0.3) is 0 Å². The molecule has 1 aliphatic carbocycles. The van der Waals surface area contributed by atoms with Crippen LogP contribution in [0.5, 0.6) is 0 Å². The van der Waals surface area contributed by atoms with Gasteiger partial charge in [0.1, 0.15) is 5.69 Å². The van der Waals surface area contributed by atoms with Crippen molar-refractivity contribution in [1.82, 2.24) is 15.0 Å². The molecular weight excluding hydrogens is 216 g/mol. The minimum absolute atomic E-state index is 0.303. The fourth-order valence-electron chi connectivity index (χ4n) is 2.17. The van der Waals surface area contributed by atoms with E-state index in [-0.39, 0.29) is 0 Å². The molecule has 0 spiro atoms. The number of hydrogen-bond acceptors (Lipinski definition) is 4. The highest BCUT2D eigenvalue weighted by Gasteiger charge is 2.29. The second-order valence-corrected chi connectivity index (χ2v) is 5.35. The Bertz CT molecular complexity index is 434. The van der Waals surface area contributed by atoms with Crippen LogP contribution in [-0.2, 0) is 13.0 Å². The molecule has 17 heavy (non-hydrogen) atoms. The first-order chi connectivity index (χ1) is 8.01. The molecule has 0 amide bonds. The molecule has 1 fully saturated rings. The molecule has 1 saturated carbocycles. The molecule has 0 saturated heterocycles. The Hall–Kier alpha value is -1.41. The lowest BCUT2D eigenvalue weighted by Gasteiger charge is -2.28. The lowest BCUT2D eigenvalue weighted by molar-refractivity contribution is 0.0553. The van der Waals surface area contributed by atoms with Crippen molar-refractivity contribution < 1.29 is 5.11 Å². The molecule has 0 aromatic carbocycles. The van der Waals surface area contributed by atoms with Gasteiger partial charge in [0.05, 0.1) is 30.3 Å². The lowest BCUT2D eigenvalue weighted by Crippen LogP contribution is -2.29. The van der Waals surface area contributed by atoms with Crippen molar-refractivity contribution in [2.24, 2.45) is 0 Å². The molecule has 2 rings (SSSR count). The zero-order valence-corrected chi connectivity index (χ0v) is 10.3. The summed E-state index contributed by atoms with van der Waals surface area (Å²) in [7, 11) is 0. The molecule has 1 N–H and O–H groups in total. The summed E-state index contributed by atoms with van der Waals surface area (Å²) < 4.78 is 1.77. The van der Waals surface area contributed by atoms with Gasteiger partial charge in [0, 0.05) is 5.92 Å². The van der Waals surface area contributed by atoms with E-state index in [1.54, 1.807) is 18.5 Å². The van der Waals surface area contributed by atoms with Crippen LogP contribution in [-0.4, -0.2) is 25.7 Å². The summed E-state index contributed by atoms with van der Waals surface area (Å²) in [5.74, 6) is 0.468. The Morgan fingerprint density at radius 2 is 2.24 bits per heavy atom. The zero-order chi connectivity index (χ0) is 12.5. The van der Waals surface area contributed by atoms with Crippen molar-refractivity contribution in [3.05, 3.63) is 11.4 Å². The van der Waals surface area contributed by atoms with Crippen LogP contribution in [0, 0.1) is 11.3 Å². The van der Waals surface area contributed by atoms with E-state index in [9.17, 15) is 5.11 Å². The maximum atomic E-state index is 9.85. The van der Waals surface area contributed by atoms with Crippen LogP contribution in [0.15, 0.2) is 0 Å². The van der Waals surface area contributed by atoms with Gasteiger partial charge in [-0.3, -0.25) is 0 Å². The van der Waals surface area contributed by atoms with Crippen LogP contribution in [0.3, 0.4) is 0 Å². The van der Waals surface area contributed by atoms with Crippen molar-refractivity contribution in [3.63, 3.8) is 0 Å². The van der Waals surface area contributed by atoms with Crippen LogP contribution in [0.4, 0.5) is 0 Å². The number of aromatic nitrogens is 3. The van der Waals surface area contributed by atoms with Crippen molar-refractivity contribution >= 4 is 0 Å². The first-order valence-corrected chi connectivity index (χ1v) is 6.03. The standard InChI is InChI=1S/C12H18N4O/c1-12(2,17)8-16-11(9-4-3-5-9)10(6-7-13)14-15-16/h9,17H,3-6,8H2,1-2H3. The first-order valence-electron chi connectivity index (χ1n) is 6.03. The molecule has 1 aromatic rings. The maximum Gasteiger partial charge on any atom is 0.100 e. The normalized spacial score (nSPS) is 16.6. The average Bonchev–Trinajstić information content (AvgIpc) is 2.46. The van der Waals surface area contributed by atoms with Crippen LogP contribution in [0.25, 0.3) is 0 Å². The SMILES string of the molecule is CC(C)(O)Cn1nnc(CC#N)c1C1CCC1. The third-order valence-electron chi connectivity index (χ3n) is 3.12. The maximum absolute atomic E-state index is 9.85. The van der Waals surface area contributed by atoms with Gasteiger partial charge in [-0.2, -0.15) is 5.26 Å². The second kappa shape index (κ2) is 4.46. The van der Waals surface area contributed by atoms with E-state index < -0.39 is 5.60 Å². The van der Waals surface area contributed by atoms with Gasteiger partial charge in [-0.05, 0) is 26.7 Å². The average molecular weight is 234 g/mol. The molecule has 0 unspecified atom stereocenters. The summed E-state index contributed by atoms with van der Waals surface area (Å²) in [6, 6.07) is 2.13. The molecule has 1 aliphatic rings. The molecule has 0 atom stereocenters. The van der Waals surface area contributed by atoms with Crippen molar-refractivity contribution in [3.8, 4) is 6.07 Å². The summed E-state index contributed by atoms with van der Waals surface area (Å²) in [6.07, 6.45) is 3.80. The van der Waals surface area contributed by atoms with Crippen molar-refractivity contribution in [2.45, 2.75) is 57.6 Å². The van der Waals surface area contributed by atoms with Crippen molar-refractivity contribution in [1.29, 1.82) is 5.26 Å². The van der Waals surface area contributed by atoms with Crippen LogP contribution < -0.4 is 0 Å². The Labute approximate surface area is 101 Å². The third-order valence-corrected chi connectivity index (χ3v) is 3.12. The monoisotopic (exact) mass is 234 g/mol. The molecular formula is C12H18N4O. The Morgan fingerprint density at radius 3 is 2.71 bits per heavy atom. The van der Waals surface area contributed by atoms with E-state index in [4.69, 9.17) is 5.26 Å². The van der Waals surface area contributed by atoms with E-state index in [0.717, 1.165) is 24.2 Å². The predicted octanol–water partition coefficient (Wildman–Crippen LogP) is 1.38. The van der Waals surface area contributed by atoms with E-state index in [0.29, 0.717) is 18.9 Å². The highest BCUT2D eigenvalue weighted by molar-refractivity contribution is 5.21. The fraction of sp³-hybridized carbons (Fsp3) is 0.750. The van der Waals surface area contributed by atoms with Crippen LogP contribution in [0.2, 0.25) is 0 Å². The number of rotatable bonds is 4. The third kappa shape index (κ3) is 2.64. The predicted molar refractivity (Wildman–Crippen MR) is 62.2 cm³/mol. The van der Waals surface area contributed by atoms with Gasteiger partial charge < -0.3 is 5.11 Å². The van der Waals surface area contributed by atoms with Crippen LogP contribution in [0.1, 0.15) is 50.4 Å². The van der Waals surface area contributed by atoms with Gasteiger partial charge in [0.15, 0.2) is 0 Å². The Kier molecular flexibility index (Phi) is 3.16. The topological polar surface area (TPSA) is 74.7 Å². The highest BCUT2D eigenvalue weighted by Crippen LogP contribution is 2.37. The first kappa shape index (κ1) is 12.1. The molecule has 1 aromatic heterocycles. The minimum Gasteiger partial charge on any atom is -0.389 e. The van der Waals surface area contributed by atoms with Crippen LogP contribution >= 0.6 is 0 Å². The zero-order valence-electron chi connectivity index (χ0n) is 10.3. The Morgan fingerprint density at radius 1 is 1.53 bits per heavy atom. The smallest absolute Gasteiger partial charge is 0.100 e. The molecule has 0 aliphatic heterocycles. The number of aliphatic hydroxyl groups is 1. The largest absolute Gasteiger partial charge is 0.389 e. The molecule has 0 radical (unpaired) electrons. The quantitative estimate of drug-likeness (QED) is 0.854. The molecule has 92 valence electrons. The summed E-state index contributed by atoms with van der Waals surface area (Å²) >= 11 is 0. The lowest BCUT2D eigenvalue weighted by atomic mass is 9.81. The summed E-state index contributed by atoms with van der Waals surface area (Å²) in [4.78, 5) is 0. The van der Waals surface area contributed by atoms with Gasteiger partial charge in [0.2, 0.25) is 0 Å². The van der Waals surface area contributed by atoms with E-state index in [1.165, 1.54) is 6.42 Å². The van der Waals surface area contributed by atoms with Gasteiger partial charge in [-0.25, -0.2) is 4.68 Å². The second-order valence-electron chi connectivity index (χ2n) is 5.35. The van der Waals surface area contributed by atoms with Gasteiger partial charge in [-0.1, -0.05) is 11.6 Å². The summed E-state index contributed by atoms with van der Waals surface area (Å²) in [5.41, 5.74) is 1.03. The Balaban J connectivity index is 2.28. The summed E-state index contributed by atoms with van der Waals surface area (Å²) in [5, 5.41) is 26.8. The number of nitrogens with zero attached hydrogens (tertiary/aromatic N) is 4. The van der Waals surface area contributed by atoms with E-state index in [1.807, 2.05) is 0 Å². The number of nitriles is 1. The van der Waals surface area contributed by atoms with Gasteiger partial charge in [-0.15, -0.1) is 5.10 Å². The minimum atomic E-state index is -0.809. The van der Waals surface area contributed by atoms with E-state index in [2.05, 4.69) is 16.4 Å².